The monoisotopic (exact) mass is 434 g/mol. The zero-order chi connectivity index (χ0) is 22.1. The number of thiocarbonyl (C=S) groups is 1. The van der Waals surface area contributed by atoms with Crippen molar-refractivity contribution in [3.8, 4) is 0 Å². The Bertz CT molecular complexity index is 1090. The molecule has 1 N–H and O–H groups in total. The number of anilines is 1. The van der Waals surface area contributed by atoms with E-state index < -0.39 is 0 Å². The molecule has 6 heteroatoms. The van der Waals surface area contributed by atoms with Gasteiger partial charge in [0.15, 0.2) is 5.11 Å². The lowest BCUT2D eigenvalue weighted by Crippen LogP contribution is -2.29. The van der Waals surface area contributed by atoms with Gasteiger partial charge in [-0.25, -0.2) is 0 Å². The van der Waals surface area contributed by atoms with E-state index >= 15 is 0 Å². The third-order valence-electron chi connectivity index (χ3n) is 6.32. The highest BCUT2D eigenvalue weighted by atomic mass is 32.1. The van der Waals surface area contributed by atoms with Gasteiger partial charge in [0.2, 0.25) is 0 Å². The molecule has 0 amide bonds. The highest BCUT2D eigenvalue weighted by molar-refractivity contribution is 7.80. The quantitative estimate of drug-likeness (QED) is 0.557. The van der Waals surface area contributed by atoms with Crippen LogP contribution in [0.3, 0.4) is 0 Å². The average Bonchev–Trinajstić information content (AvgIpc) is 3.25. The van der Waals surface area contributed by atoms with Crippen molar-refractivity contribution >= 4 is 23.0 Å². The van der Waals surface area contributed by atoms with Gasteiger partial charge in [-0.05, 0) is 86.9 Å². The van der Waals surface area contributed by atoms with Crippen molar-refractivity contribution in [2.45, 2.75) is 46.3 Å². The second-order valence-electron chi connectivity index (χ2n) is 8.24. The summed E-state index contributed by atoms with van der Waals surface area (Å²) in [5.74, 6) is 0. The van der Waals surface area contributed by atoms with Crippen molar-refractivity contribution in [1.29, 1.82) is 0 Å². The Morgan fingerprint density at radius 3 is 2.55 bits per heavy atom. The lowest BCUT2D eigenvalue weighted by molar-refractivity contribution is 0.186. The molecule has 1 fully saturated rings. The van der Waals surface area contributed by atoms with Gasteiger partial charge in [-0.1, -0.05) is 12.1 Å². The van der Waals surface area contributed by atoms with Crippen LogP contribution in [-0.4, -0.2) is 28.4 Å². The maximum absolute atomic E-state index is 5.87. The van der Waals surface area contributed by atoms with E-state index in [-0.39, 0.29) is 12.1 Å². The molecule has 1 saturated heterocycles. The smallest absolute Gasteiger partial charge is 0.174 e. The molecule has 3 aromatic rings. The molecule has 1 aliphatic heterocycles. The van der Waals surface area contributed by atoms with E-state index in [1.54, 1.807) is 7.11 Å². The molecule has 3 heterocycles. The van der Waals surface area contributed by atoms with Crippen LogP contribution in [0, 0.1) is 27.7 Å². The van der Waals surface area contributed by atoms with Crippen LogP contribution in [0.15, 0.2) is 48.7 Å². The first kappa shape index (κ1) is 21.5. The number of hydrogen-bond acceptors (Lipinski definition) is 3. The summed E-state index contributed by atoms with van der Waals surface area (Å²) >= 11 is 5.87. The number of aryl methyl sites for hydroxylation is 3. The van der Waals surface area contributed by atoms with Gasteiger partial charge in [0, 0.05) is 36.9 Å². The van der Waals surface area contributed by atoms with Gasteiger partial charge in [0.25, 0.3) is 0 Å². The highest BCUT2D eigenvalue weighted by Crippen LogP contribution is 2.43. The van der Waals surface area contributed by atoms with E-state index in [9.17, 15) is 0 Å². The van der Waals surface area contributed by atoms with Gasteiger partial charge < -0.3 is 19.5 Å². The van der Waals surface area contributed by atoms with Crippen molar-refractivity contribution in [2.75, 3.05) is 18.6 Å². The Hall–Kier alpha value is -2.70. The number of ether oxygens (including phenoxy) is 1. The molecule has 2 aromatic heterocycles. The maximum Gasteiger partial charge on any atom is 0.174 e. The number of aromatic nitrogens is 2. The molecule has 4 rings (SSSR count). The van der Waals surface area contributed by atoms with Gasteiger partial charge >= 0.3 is 0 Å². The second-order valence-corrected chi connectivity index (χ2v) is 8.62. The lowest BCUT2D eigenvalue weighted by atomic mass is 9.96. The van der Waals surface area contributed by atoms with Crippen LogP contribution in [0.2, 0.25) is 0 Å². The van der Waals surface area contributed by atoms with Crippen LogP contribution < -0.4 is 10.2 Å². The van der Waals surface area contributed by atoms with Crippen LogP contribution in [0.25, 0.3) is 0 Å². The first-order valence-corrected chi connectivity index (χ1v) is 11.1. The van der Waals surface area contributed by atoms with Crippen LogP contribution in [-0.2, 0) is 11.3 Å². The number of pyridine rings is 1. The minimum Gasteiger partial charge on any atom is -0.383 e. The van der Waals surface area contributed by atoms with Crippen molar-refractivity contribution in [3.63, 3.8) is 0 Å². The summed E-state index contributed by atoms with van der Waals surface area (Å²) in [7, 11) is 1.74. The zero-order valence-corrected chi connectivity index (χ0v) is 19.7. The summed E-state index contributed by atoms with van der Waals surface area (Å²) in [6.07, 6.45) is 1.84. The van der Waals surface area contributed by atoms with E-state index in [4.69, 9.17) is 17.0 Å². The third kappa shape index (κ3) is 3.98. The molecule has 0 aliphatic carbocycles. The predicted octanol–water partition coefficient (Wildman–Crippen LogP) is 4.94. The number of methoxy groups -OCH3 is 1. The molecule has 162 valence electrons. The van der Waals surface area contributed by atoms with Crippen LogP contribution in [0.1, 0.15) is 45.9 Å². The van der Waals surface area contributed by atoms with Crippen LogP contribution >= 0.6 is 12.2 Å². The normalized spacial score (nSPS) is 18.5. The Labute approximate surface area is 190 Å². The van der Waals surface area contributed by atoms with Gasteiger partial charge in [-0.3, -0.25) is 4.98 Å². The molecule has 1 aromatic carbocycles. The largest absolute Gasteiger partial charge is 0.383 e. The fraction of sp³-hybridized carbons (Fsp3) is 0.360. The van der Waals surface area contributed by atoms with E-state index in [0.717, 1.165) is 23.0 Å². The van der Waals surface area contributed by atoms with Crippen LogP contribution in [0.4, 0.5) is 5.69 Å². The molecule has 0 spiro atoms. The summed E-state index contributed by atoms with van der Waals surface area (Å²) in [4.78, 5) is 6.92. The Balaban J connectivity index is 1.85. The fourth-order valence-corrected chi connectivity index (χ4v) is 4.82. The first-order chi connectivity index (χ1) is 14.9. The van der Waals surface area contributed by atoms with Gasteiger partial charge in [0.1, 0.15) is 0 Å². The SMILES string of the molecule is COCCn1c(C)cc([C@H]2[C@H](c3ccccn3)NC(=S)N2c2ccc(C)c(C)c2)c1C. The average molecular weight is 435 g/mol. The molecular weight excluding hydrogens is 404 g/mol. The molecule has 0 saturated carbocycles. The van der Waals surface area contributed by atoms with Crippen molar-refractivity contribution in [1.82, 2.24) is 14.9 Å². The molecule has 0 radical (unpaired) electrons. The first-order valence-electron chi connectivity index (χ1n) is 10.7. The highest BCUT2D eigenvalue weighted by Gasteiger charge is 2.42. The number of rotatable bonds is 6. The molecule has 31 heavy (non-hydrogen) atoms. The van der Waals surface area contributed by atoms with Crippen LogP contribution in [0.5, 0.6) is 0 Å². The van der Waals surface area contributed by atoms with E-state index in [0.29, 0.717) is 6.61 Å². The third-order valence-corrected chi connectivity index (χ3v) is 6.63. The maximum atomic E-state index is 5.87. The number of nitrogens with zero attached hydrogens (tertiary/aromatic N) is 3. The molecule has 0 bridgehead atoms. The van der Waals surface area contributed by atoms with Gasteiger partial charge in [-0.15, -0.1) is 0 Å². The Morgan fingerprint density at radius 1 is 1.06 bits per heavy atom. The Morgan fingerprint density at radius 2 is 1.87 bits per heavy atom. The van der Waals surface area contributed by atoms with E-state index in [1.165, 1.54) is 28.1 Å². The topological polar surface area (TPSA) is 42.3 Å². The lowest BCUT2D eigenvalue weighted by Gasteiger charge is -2.28. The molecule has 0 unspecified atom stereocenters. The van der Waals surface area contributed by atoms with Crippen molar-refractivity contribution < 1.29 is 4.74 Å². The summed E-state index contributed by atoms with van der Waals surface area (Å²) in [5.41, 5.74) is 8.34. The molecular formula is C25H30N4OS. The Kier molecular flexibility index (Phi) is 6.12. The summed E-state index contributed by atoms with van der Waals surface area (Å²) < 4.78 is 7.67. The molecule has 2 atom stereocenters. The number of benzene rings is 1. The number of nitrogens with one attached hydrogen (secondary N) is 1. The molecule has 5 nitrogen and oxygen atoms in total. The second kappa shape index (κ2) is 8.81. The van der Waals surface area contributed by atoms with Crippen molar-refractivity contribution in [2.24, 2.45) is 0 Å². The van der Waals surface area contributed by atoms with Gasteiger partial charge in [0.05, 0.1) is 24.4 Å². The summed E-state index contributed by atoms with van der Waals surface area (Å²) in [6.45, 7) is 10.1. The molecule has 1 aliphatic rings. The van der Waals surface area contributed by atoms with E-state index in [1.807, 2.05) is 18.3 Å². The minimum absolute atomic E-state index is 0.00648. The minimum atomic E-state index is -0.0355. The standard InChI is InChI=1S/C25H30N4OS/c1-16-9-10-20(14-17(16)2)29-24(21-15-18(3)28(19(21)4)12-13-30-5)23(27-25(29)31)22-8-6-7-11-26-22/h6-11,14-15,23-24H,12-13H2,1-5H3,(H,27,31)/t23-,24-/m0/s1. The predicted molar refractivity (Wildman–Crippen MR) is 130 cm³/mol. The van der Waals surface area contributed by atoms with Gasteiger partial charge in [-0.2, -0.15) is 0 Å². The number of hydrogen-bond donors (Lipinski definition) is 1. The summed E-state index contributed by atoms with van der Waals surface area (Å²) in [6, 6.07) is 14.9. The summed E-state index contributed by atoms with van der Waals surface area (Å²) in [5, 5.41) is 4.29. The fourth-order valence-electron chi connectivity index (χ4n) is 4.48. The zero-order valence-electron chi connectivity index (χ0n) is 18.8. The van der Waals surface area contributed by atoms with E-state index in [2.05, 4.69) is 77.8 Å². The van der Waals surface area contributed by atoms with Crippen molar-refractivity contribution in [3.05, 3.63) is 82.4 Å².